The van der Waals surface area contributed by atoms with Crippen LogP contribution in [0.1, 0.15) is 18.5 Å². The summed E-state index contributed by atoms with van der Waals surface area (Å²) >= 11 is 6.09. The van der Waals surface area contributed by atoms with Gasteiger partial charge in [0.1, 0.15) is 6.10 Å². The zero-order valence-electron chi connectivity index (χ0n) is 10.3. The van der Waals surface area contributed by atoms with Gasteiger partial charge in [-0.1, -0.05) is 29.8 Å². The van der Waals surface area contributed by atoms with Gasteiger partial charge < -0.3 is 15.4 Å². The zero-order chi connectivity index (χ0) is 13.0. The van der Waals surface area contributed by atoms with Crippen molar-refractivity contribution in [2.45, 2.75) is 19.1 Å². The SMILES string of the molecule is CC(NC(=O)C1CNCCO1)c1ccccc1Cl. The van der Waals surface area contributed by atoms with Crippen LogP contribution in [0.5, 0.6) is 0 Å². The van der Waals surface area contributed by atoms with Crippen molar-refractivity contribution in [2.24, 2.45) is 0 Å². The Morgan fingerprint density at radius 2 is 2.33 bits per heavy atom. The molecule has 1 saturated heterocycles. The van der Waals surface area contributed by atoms with Crippen LogP contribution in [0, 0.1) is 0 Å². The number of hydrogen-bond acceptors (Lipinski definition) is 3. The van der Waals surface area contributed by atoms with E-state index in [2.05, 4.69) is 10.6 Å². The molecule has 1 aromatic rings. The number of rotatable bonds is 3. The molecule has 0 saturated carbocycles. The summed E-state index contributed by atoms with van der Waals surface area (Å²) in [5, 5.41) is 6.71. The Morgan fingerprint density at radius 3 is 3.00 bits per heavy atom. The van der Waals surface area contributed by atoms with Crippen LogP contribution in [0.15, 0.2) is 24.3 Å². The summed E-state index contributed by atoms with van der Waals surface area (Å²) in [6, 6.07) is 7.37. The Balaban J connectivity index is 1.96. The van der Waals surface area contributed by atoms with Crippen molar-refractivity contribution in [1.29, 1.82) is 0 Å². The first kappa shape index (κ1) is 13.3. The monoisotopic (exact) mass is 268 g/mol. The average molecular weight is 269 g/mol. The van der Waals surface area contributed by atoms with Crippen molar-refractivity contribution in [1.82, 2.24) is 10.6 Å². The van der Waals surface area contributed by atoms with Crippen LogP contribution in [0.4, 0.5) is 0 Å². The molecule has 1 fully saturated rings. The van der Waals surface area contributed by atoms with Crippen molar-refractivity contribution in [3.63, 3.8) is 0 Å². The summed E-state index contributed by atoms with van der Waals surface area (Å²) < 4.78 is 5.40. The van der Waals surface area contributed by atoms with E-state index >= 15 is 0 Å². The van der Waals surface area contributed by atoms with Gasteiger partial charge in [-0.25, -0.2) is 0 Å². The first-order valence-corrected chi connectivity index (χ1v) is 6.43. The van der Waals surface area contributed by atoms with E-state index in [4.69, 9.17) is 16.3 Å². The predicted octanol–water partition coefficient (Wildman–Crippen LogP) is 1.51. The van der Waals surface area contributed by atoms with Crippen LogP contribution in [0.25, 0.3) is 0 Å². The molecule has 1 aliphatic rings. The van der Waals surface area contributed by atoms with Crippen molar-refractivity contribution in [3.05, 3.63) is 34.9 Å². The molecule has 2 N–H and O–H groups in total. The maximum Gasteiger partial charge on any atom is 0.250 e. The van der Waals surface area contributed by atoms with Crippen molar-refractivity contribution < 1.29 is 9.53 Å². The first-order valence-electron chi connectivity index (χ1n) is 6.05. The van der Waals surface area contributed by atoms with Crippen LogP contribution in [-0.4, -0.2) is 31.7 Å². The molecule has 2 rings (SSSR count). The summed E-state index contributed by atoms with van der Waals surface area (Å²) in [5.41, 5.74) is 0.913. The number of hydrogen-bond donors (Lipinski definition) is 2. The van der Waals surface area contributed by atoms with Crippen molar-refractivity contribution in [3.8, 4) is 0 Å². The number of amides is 1. The van der Waals surface area contributed by atoms with Gasteiger partial charge in [0.2, 0.25) is 0 Å². The fraction of sp³-hybridized carbons (Fsp3) is 0.462. The standard InChI is InChI=1S/C13H17ClN2O2/c1-9(10-4-2-3-5-11(10)14)16-13(17)12-8-15-6-7-18-12/h2-5,9,12,15H,6-8H2,1H3,(H,16,17). The lowest BCUT2D eigenvalue weighted by molar-refractivity contribution is -0.134. The fourth-order valence-corrected chi connectivity index (χ4v) is 2.24. The Hall–Kier alpha value is -1.10. The van der Waals surface area contributed by atoms with E-state index in [1.54, 1.807) is 0 Å². The van der Waals surface area contributed by atoms with E-state index in [0.29, 0.717) is 18.2 Å². The second-order valence-electron chi connectivity index (χ2n) is 4.32. The lowest BCUT2D eigenvalue weighted by atomic mass is 10.1. The summed E-state index contributed by atoms with van der Waals surface area (Å²) in [6.07, 6.45) is -0.413. The maximum atomic E-state index is 12.0. The number of nitrogens with one attached hydrogen (secondary N) is 2. The molecule has 1 aromatic carbocycles. The zero-order valence-corrected chi connectivity index (χ0v) is 11.0. The largest absolute Gasteiger partial charge is 0.366 e. The van der Waals surface area contributed by atoms with E-state index in [9.17, 15) is 4.79 Å². The minimum absolute atomic E-state index is 0.102. The number of ether oxygens (including phenoxy) is 1. The molecule has 0 aromatic heterocycles. The van der Waals surface area contributed by atoms with E-state index in [1.165, 1.54) is 0 Å². The molecule has 1 heterocycles. The van der Waals surface area contributed by atoms with Crippen LogP contribution < -0.4 is 10.6 Å². The molecule has 2 unspecified atom stereocenters. The van der Waals surface area contributed by atoms with Gasteiger partial charge in [0.25, 0.3) is 5.91 Å². The molecular formula is C13H17ClN2O2. The van der Waals surface area contributed by atoms with E-state index < -0.39 is 6.10 Å². The molecule has 98 valence electrons. The lowest BCUT2D eigenvalue weighted by Gasteiger charge is -2.25. The topological polar surface area (TPSA) is 50.4 Å². The maximum absolute atomic E-state index is 12.0. The van der Waals surface area contributed by atoms with Crippen molar-refractivity contribution >= 4 is 17.5 Å². The number of halogens is 1. The first-order chi connectivity index (χ1) is 8.68. The van der Waals surface area contributed by atoms with Gasteiger partial charge in [0.15, 0.2) is 0 Å². The van der Waals surface area contributed by atoms with Gasteiger partial charge in [-0.3, -0.25) is 4.79 Å². The van der Waals surface area contributed by atoms with Crippen LogP contribution in [0.2, 0.25) is 5.02 Å². The van der Waals surface area contributed by atoms with Gasteiger partial charge in [-0.15, -0.1) is 0 Å². The molecule has 0 aliphatic carbocycles. The number of carbonyl (C=O) groups excluding carboxylic acids is 1. The lowest BCUT2D eigenvalue weighted by Crippen LogP contribution is -2.48. The summed E-state index contributed by atoms with van der Waals surface area (Å²) in [6.45, 7) is 3.83. The molecule has 1 aliphatic heterocycles. The van der Waals surface area contributed by atoms with Crippen LogP contribution >= 0.6 is 11.6 Å². The molecule has 1 amide bonds. The van der Waals surface area contributed by atoms with E-state index in [1.807, 2.05) is 31.2 Å². The molecule has 4 nitrogen and oxygen atoms in total. The molecule has 0 bridgehead atoms. The highest BCUT2D eigenvalue weighted by Gasteiger charge is 2.23. The summed E-state index contributed by atoms with van der Waals surface area (Å²) in [7, 11) is 0. The van der Waals surface area contributed by atoms with Gasteiger partial charge in [-0.05, 0) is 18.6 Å². The van der Waals surface area contributed by atoms with Crippen LogP contribution in [0.3, 0.4) is 0 Å². The average Bonchev–Trinajstić information content (AvgIpc) is 2.40. The number of benzene rings is 1. The third kappa shape index (κ3) is 3.22. The highest BCUT2D eigenvalue weighted by Crippen LogP contribution is 2.22. The van der Waals surface area contributed by atoms with Gasteiger partial charge in [0.05, 0.1) is 12.6 Å². The van der Waals surface area contributed by atoms with Gasteiger partial charge >= 0.3 is 0 Å². The van der Waals surface area contributed by atoms with E-state index in [-0.39, 0.29) is 11.9 Å². The molecular weight excluding hydrogens is 252 g/mol. The second kappa shape index (κ2) is 6.18. The quantitative estimate of drug-likeness (QED) is 0.874. The highest BCUT2D eigenvalue weighted by atomic mass is 35.5. The van der Waals surface area contributed by atoms with Gasteiger partial charge in [-0.2, -0.15) is 0 Å². The van der Waals surface area contributed by atoms with Crippen LogP contribution in [-0.2, 0) is 9.53 Å². The second-order valence-corrected chi connectivity index (χ2v) is 4.72. The summed E-state index contributed by atoms with van der Waals surface area (Å²) in [5.74, 6) is -0.102. The fourth-order valence-electron chi connectivity index (χ4n) is 1.94. The smallest absolute Gasteiger partial charge is 0.250 e. The minimum Gasteiger partial charge on any atom is -0.366 e. The molecule has 5 heteroatoms. The summed E-state index contributed by atoms with van der Waals surface area (Å²) in [4.78, 5) is 12.0. The van der Waals surface area contributed by atoms with E-state index in [0.717, 1.165) is 12.1 Å². The third-order valence-corrected chi connectivity index (χ3v) is 3.29. The Labute approximate surface area is 112 Å². The Kier molecular flexibility index (Phi) is 4.58. The predicted molar refractivity (Wildman–Crippen MR) is 70.6 cm³/mol. The highest BCUT2D eigenvalue weighted by molar-refractivity contribution is 6.31. The minimum atomic E-state index is -0.413. The number of morpholine rings is 1. The molecule has 0 spiro atoms. The third-order valence-electron chi connectivity index (χ3n) is 2.95. The molecule has 0 radical (unpaired) electrons. The van der Waals surface area contributed by atoms with Crippen molar-refractivity contribution in [2.75, 3.05) is 19.7 Å². The van der Waals surface area contributed by atoms with Gasteiger partial charge in [0, 0.05) is 18.1 Å². The normalized spacial score (nSPS) is 21.3. The Morgan fingerprint density at radius 1 is 1.56 bits per heavy atom. The number of carbonyl (C=O) groups is 1. The Bertz CT molecular complexity index is 419. The molecule has 18 heavy (non-hydrogen) atoms. The molecule has 2 atom stereocenters.